The van der Waals surface area contributed by atoms with E-state index < -0.39 is 0 Å². The molecule has 1 aliphatic heterocycles. The van der Waals surface area contributed by atoms with Crippen LogP contribution in [-0.4, -0.2) is 25.4 Å². The summed E-state index contributed by atoms with van der Waals surface area (Å²) in [7, 11) is 0. The predicted octanol–water partition coefficient (Wildman–Crippen LogP) is 0.488. The van der Waals surface area contributed by atoms with Gasteiger partial charge in [-0.25, -0.2) is 0 Å². The number of benzene rings is 1. The maximum atomic E-state index is 10.8. The van der Waals surface area contributed by atoms with Crippen molar-refractivity contribution >= 4 is 6.29 Å². The Morgan fingerprint density at radius 1 is 1.14 bits per heavy atom. The monoisotopic (exact) mass is 190 g/mol. The van der Waals surface area contributed by atoms with Gasteiger partial charge in [0, 0.05) is 13.1 Å². The largest absolute Gasteiger partial charge is 0.307 e. The van der Waals surface area contributed by atoms with Crippen molar-refractivity contribution in [1.82, 2.24) is 10.6 Å². The summed E-state index contributed by atoms with van der Waals surface area (Å²) >= 11 is 0. The zero-order chi connectivity index (χ0) is 9.80. The van der Waals surface area contributed by atoms with Crippen molar-refractivity contribution in [2.45, 2.75) is 12.1 Å². The third-order valence-corrected chi connectivity index (χ3v) is 2.53. The average Bonchev–Trinajstić information content (AvgIpc) is 2.30. The Bertz CT molecular complexity index is 299. The molecule has 2 rings (SSSR count). The molecule has 0 amide bonds. The van der Waals surface area contributed by atoms with E-state index in [4.69, 9.17) is 0 Å². The van der Waals surface area contributed by atoms with Crippen molar-refractivity contribution in [3.8, 4) is 0 Å². The highest BCUT2D eigenvalue weighted by atomic mass is 16.1. The molecule has 3 nitrogen and oxygen atoms in total. The van der Waals surface area contributed by atoms with Gasteiger partial charge in [-0.1, -0.05) is 30.3 Å². The van der Waals surface area contributed by atoms with Crippen LogP contribution in [0.2, 0.25) is 0 Å². The summed E-state index contributed by atoms with van der Waals surface area (Å²) in [5.74, 6) is 0. The molecule has 1 heterocycles. The van der Waals surface area contributed by atoms with Crippen molar-refractivity contribution in [1.29, 1.82) is 0 Å². The Balaban J connectivity index is 2.19. The van der Waals surface area contributed by atoms with Gasteiger partial charge in [-0.2, -0.15) is 0 Å². The van der Waals surface area contributed by atoms with Crippen molar-refractivity contribution in [3.63, 3.8) is 0 Å². The maximum Gasteiger partial charge on any atom is 0.138 e. The Hall–Kier alpha value is -1.19. The first-order chi connectivity index (χ1) is 6.92. The number of carbonyl (C=O) groups is 1. The third kappa shape index (κ3) is 1.84. The van der Waals surface area contributed by atoms with Crippen LogP contribution in [0.25, 0.3) is 0 Å². The van der Waals surface area contributed by atoms with E-state index in [1.165, 1.54) is 0 Å². The first kappa shape index (κ1) is 9.37. The van der Waals surface area contributed by atoms with Gasteiger partial charge in [0.25, 0.3) is 0 Å². The average molecular weight is 190 g/mol. The molecular weight excluding hydrogens is 176 g/mol. The van der Waals surface area contributed by atoms with Gasteiger partial charge in [0.15, 0.2) is 0 Å². The second-order valence-electron chi connectivity index (χ2n) is 3.46. The molecule has 1 aromatic rings. The molecule has 1 fully saturated rings. The van der Waals surface area contributed by atoms with E-state index in [0.29, 0.717) is 0 Å². The summed E-state index contributed by atoms with van der Waals surface area (Å²) in [4.78, 5) is 10.8. The van der Waals surface area contributed by atoms with Crippen LogP contribution in [0.3, 0.4) is 0 Å². The molecule has 0 radical (unpaired) electrons. The summed E-state index contributed by atoms with van der Waals surface area (Å²) in [5, 5.41) is 6.53. The summed E-state index contributed by atoms with van der Waals surface area (Å²) in [6.45, 7) is 1.76. The lowest BCUT2D eigenvalue weighted by Gasteiger charge is -2.30. The van der Waals surface area contributed by atoms with Gasteiger partial charge in [-0.05, 0) is 5.56 Å². The lowest BCUT2D eigenvalue weighted by atomic mass is 9.98. The van der Waals surface area contributed by atoms with E-state index in [1.807, 2.05) is 30.3 Å². The first-order valence-corrected chi connectivity index (χ1v) is 4.89. The molecule has 74 valence electrons. The van der Waals surface area contributed by atoms with Gasteiger partial charge in [-0.15, -0.1) is 0 Å². The Labute approximate surface area is 83.5 Å². The molecule has 0 aliphatic carbocycles. The summed E-state index contributed by atoms with van der Waals surface area (Å²) < 4.78 is 0. The molecular formula is C11H14N2O. The SMILES string of the molecule is O=CC1NCCNC1c1ccccc1. The third-order valence-electron chi connectivity index (χ3n) is 2.53. The Morgan fingerprint density at radius 2 is 1.86 bits per heavy atom. The van der Waals surface area contributed by atoms with Gasteiger partial charge in [0.1, 0.15) is 6.29 Å². The minimum atomic E-state index is -0.105. The minimum absolute atomic E-state index is 0.105. The van der Waals surface area contributed by atoms with Crippen LogP contribution >= 0.6 is 0 Å². The normalized spacial score (nSPS) is 27.1. The number of piperazine rings is 1. The molecule has 2 atom stereocenters. The summed E-state index contributed by atoms with van der Waals surface area (Å²) in [6.07, 6.45) is 0.976. The number of hydrogen-bond donors (Lipinski definition) is 2. The minimum Gasteiger partial charge on any atom is -0.307 e. The quantitative estimate of drug-likeness (QED) is 0.667. The van der Waals surface area contributed by atoms with Gasteiger partial charge in [0.05, 0.1) is 12.1 Å². The van der Waals surface area contributed by atoms with Crippen molar-refractivity contribution in [2.24, 2.45) is 0 Å². The number of hydrogen-bond acceptors (Lipinski definition) is 3. The van der Waals surface area contributed by atoms with E-state index in [1.54, 1.807) is 0 Å². The highest BCUT2D eigenvalue weighted by Gasteiger charge is 2.24. The topological polar surface area (TPSA) is 41.1 Å². The smallest absolute Gasteiger partial charge is 0.138 e. The zero-order valence-electron chi connectivity index (χ0n) is 7.94. The molecule has 0 aromatic heterocycles. The highest BCUT2D eigenvalue weighted by Crippen LogP contribution is 2.17. The van der Waals surface area contributed by atoms with Crippen LogP contribution in [0.15, 0.2) is 30.3 Å². The van der Waals surface area contributed by atoms with Crippen molar-refractivity contribution in [2.75, 3.05) is 13.1 Å². The molecule has 0 saturated carbocycles. The molecule has 2 N–H and O–H groups in total. The molecule has 14 heavy (non-hydrogen) atoms. The molecule has 0 spiro atoms. The zero-order valence-corrected chi connectivity index (χ0v) is 7.94. The molecule has 1 saturated heterocycles. The molecule has 1 aromatic carbocycles. The van der Waals surface area contributed by atoms with Gasteiger partial charge in [-0.3, -0.25) is 0 Å². The van der Waals surface area contributed by atoms with E-state index in [9.17, 15) is 4.79 Å². The number of aldehydes is 1. The standard InChI is InChI=1S/C11H14N2O/c14-8-10-11(13-7-6-12-10)9-4-2-1-3-5-9/h1-5,8,10-13H,6-7H2. The maximum absolute atomic E-state index is 10.8. The van der Waals surface area contributed by atoms with Crippen LogP contribution in [0.4, 0.5) is 0 Å². The second-order valence-corrected chi connectivity index (χ2v) is 3.46. The van der Waals surface area contributed by atoms with Crippen LogP contribution in [0.1, 0.15) is 11.6 Å². The number of carbonyl (C=O) groups excluding carboxylic acids is 1. The fraction of sp³-hybridized carbons (Fsp3) is 0.364. The number of nitrogens with one attached hydrogen (secondary N) is 2. The summed E-state index contributed by atoms with van der Waals surface area (Å²) in [5.41, 5.74) is 1.16. The predicted molar refractivity (Wildman–Crippen MR) is 55.0 cm³/mol. The molecule has 2 unspecified atom stereocenters. The lowest BCUT2D eigenvalue weighted by Crippen LogP contribution is -2.51. The van der Waals surface area contributed by atoms with Crippen LogP contribution in [-0.2, 0) is 4.79 Å². The van der Waals surface area contributed by atoms with Crippen LogP contribution in [0, 0.1) is 0 Å². The number of rotatable bonds is 2. The fourth-order valence-corrected chi connectivity index (χ4v) is 1.82. The van der Waals surface area contributed by atoms with Gasteiger partial charge >= 0.3 is 0 Å². The van der Waals surface area contributed by atoms with Gasteiger partial charge < -0.3 is 15.4 Å². The van der Waals surface area contributed by atoms with Crippen LogP contribution in [0.5, 0.6) is 0 Å². The van der Waals surface area contributed by atoms with Crippen LogP contribution < -0.4 is 10.6 Å². The van der Waals surface area contributed by atoms with E-state index in [-0.39, 0.29) is 12.1 Å². The molecule has 3 heteroatoms. The lowest BCUT2D eigenvalue weighted by molar-refractivity contribution is -0.110. The fourth-order valence-electron chi connectivity index (χ4n) is 1.82. The second kappa shape index (κ2) is 4.35. The molecule has 0 bridgehead atoms. The van der Waals surface area contributed by atoms with E-state index in [2.05, 4.69) is 10.6 Å². The first-order valence-electron chi connectivity index (χ1n) is 4.89. The Morgan fingerprint density at radius 3 is 2.57 bits per heavy atom. The van der Waals surface area contributed by atoms with Crippen molar-refractivity contribution < 1.29 is 4.79 Å². The van der Waals surface area contributed by atoms with Gasteiger partial charge in [0.2, 0.25) is 0 Å². The van der Waals surface area contributed by atoms with Crippen molar-refractivity contribution in [3.05, 3.63) is 35.9 Å². The van der Waals surface area contributed by atoms with E-state index >= 15 is 0 Å². The highest BCUT2D eigenvalue weighted by molar-refractivity contribution is 5.60. The summed E-state index contributed by atoms with van der Waals surface area (Å²) in [6, 6.07) is 10.1. The molecule has 1 aliphatic rings. The Kier molecular flexibility index (Phi) is 2.91. The van der Waals surface area contributed by atoms with E-state index in [0.717, 1.165) is 24.9 Å².